The molecule has 0 aliphatic carbocycles. The van der Waals surface area contributed by atoms with Gasteiger partial charge in [-0.05, 0) is 12.3 Å². The van der Waals surface area contributed by atoms with Crippen molar-refractivity contribution >= 4 is 22.1 Å². The van der Waals surface area contributed by atoms with E-state index in [9.17, 15) is 32.8 Å². The van der Waals surface area contributed by atoms with Gasteiger partial charge in [0.05, 0.1) is 5.97 Å². The van der Waals surface area contributed by atoms with Crippen LogP contribution in [-0.2, 0) is 19.7 Å². The summed E-state index contributed by atoms with van der Waals surface area (Å²) in [5.41, 5.74) is 0. The molecule has 1 atom stereocenters. The van der Waals surface area contributed by atoms with E-state index in [-0.39, 0.29) is 65.5 Å². The molecule has 0 amide bonds. The fourth-order valence-electron chi connectivity index (χ4n) is 3.73. The second kappa shape index (κ2) is 21.2. The van der Waals surface area contributed by atoms with Crippen LogP contribution in [0.4, 0.5) is 0 Å². The van der Waals surface area contributed by atoms with Crippen LogP contribution >= 0.6 is 0 Å². The van der Waals surface area contributed by atoms with Gasteiger partial charge in [0.25, 0.3) is 10.1 Å². The van der Waals surface area contributed by atoms with Gasteiger partial charge in [0.2, 0.25) is 0 Å². The molecule has 0 radical (unpaired) electrons. The number of carbonyl (C=O) groups is 2. The average molecular weight is 495 g/mol. The molecule has 0 saturated carbocycles. The smallest absolute Gasteiger partial charge is 0.550 e. The van der Waals surface area contributed by atoms with Gasteiger partial charge in [-0.2, -0.15) is 8.42 Å². The summed E-state index contributed by atoms with van der Waals surface area (Å²) < 4.78 is 29.3. The molecule has 0 aliphatic heterocycles. The first-order chi connectivity index (χ1) is 14.0. The van der Waals surface area contributed by atoms with Crippen LogP contribution in [-0.4, -0.2) is 29.7 Å². The minimum atomic E-state index is -5.13. The van der Waals surface area contributed by atoms with Gasteiger partial charge in [-0.15, -0.1) is 0 Å². The van der Waals surface area contributed by atoms with E-state index in [1.54, 1.807) is 0 Å². The predicted molar refractivity (Wildman–Crippen MR) is 113 cm³/mol. The normalized spacial score (nSPS) is 13.1. The Morgan fingerprint density at radius 2 is 1.09 bits per heavy atom. The molecule has 0 bridgehead atoms. The molecular formula is C22H40Na2O7S. The van der Waals surface area contributed by atoms with Gasteiger partial charge >= 0.3 is 59.1 Å². The maximum atomic E-state index is 11.5. The van der Waals surface area contributed by atoms with Crippen molar-refractivity contribution in [3.05, 3.63) is 0 Å². The van der Waals surface area contributed by atoms with Crippen molar-refractivity contribution < 1.29 is 91.9 Å². The van der Waals surface area contributed by atoms with Crippen LogP contribution < -0.4 is 69.3 Å². The van der Waals surface area contributed by atoms with E-state index in [0.717, 1.165) is 31.6 Å². The van der Waals surface area contributed by atoms with Gasteiger partial charge in [0, 0.05) is 12.4 Å². The molecule has 0 fully saturated rings. The number of carbonyl (C=O) groups excluding carboxylic acids is 2. The second-order valence-corrected chi connectivity index (χ2v) is 10.6. The summed E-state index contributed by atoms with van der Waals surface area (Å²) in [6.07, 6.45) is 13.2. The Morgan fingerprint density at radius 1 is 0.750 bits per heavy atom. The summed E-state index contributed by atoms with van der Waals surface area (Å²) in [6, 6.07) is 0. The van der Waals surface area contributed by atoms with Crippen molar-refractivity contribution in [3.8, 4) is 0 Å². The van der Waals surface area contributed by atoms with Crippen LogP contribution in [0.15, 0.2) is 0 Å². The van der Waals surface area contributed by atoms with Crippen molar-refractivity contribution in [3.63, 3.8) is 0 Å². The fraction of sp³-hybridized carbons (Fsp3) is 0.909. The molecule has 0 spiro atoms. The van der Waals surface area contributed by atoms with Gasteiger partial charge < -0.3 is 19.8 Å². The van der Waals surface area contributed by atoms with Crippen molar-refractivity contribution in [2.45, 2.75) is 121 Å². The Balaban J connectivity index is -0.00000420. The van der Waals surface area contributed by atoms with E-state index in [1.807, 2.05) is 0 Å². The maximum Gasteiger partial charge on any atom is 1.00 e. The third-order valence-corrected chi connectivity index (χ3v) is 7.16. The molecule has 0 heterocycles. The molecule has 1 N–H and O–H groups in total. The molecule has 1 unspecified atom stereocenters. The summed E-state index contributed by atoms with van der Waals surface area (Å²) in [4.78, 5) is 22.0. The van der Waals surface area contributed by atoms with Crippen LogP contribution in [0.1, 0.15) is 117 Å². The summed E-state index contributed by atoms with van der Waals surface area (Å²) in [5.74, 6) is -3.16. The topological polar surface area (TPSA) is 135 Å². The predicted octanol–water partition coefficient (Wildman–Crippen LogP) is -2.98. The number of hydrogen-bond donors (Lipinski definition) is 1. The largest absolute Gasteiger partial charge is 1.00 e. The monoisotopic (exact) mass is 494 g/mol. The van der Waals surface area contributed by atoms with E-state index in [2.05, 4.69) is 13.8 Å². The molecule has 7 nitrogen and oxygen atoms in total. The first-order valence-electron chi connectivity index (χ1n) is 11.4. The Kier molecular flexibility index (Phi) is 24.7. The number of unbranched alkanes of at least 4 members (excludes halogenated alkanes) is 12. The zero-order valence-corrected chi connectivity index (χ0v) is 25.5. The van der Waals surface area contributed by atoms with Crippen molar-refractivity contribution in [2.75, 3.05) is 0 Å². The summed E-state index contributed by atoms with van der Waals surface area (Å²) >= 11 is 0. The Labute approximate surface area is 239 Å². The quantitative estimate of drug-likeness (QED) is 0.108. The zero-order chi connectivity index (χ0) is 23.0. The number of carboxylic acid groups (broad SMARTS) is 2. The van der Waals surface area contributed by atoms with E-state index in [0.29, 0.717) is 6.42 Å². The summed E-state index contributed by atoms with van der Waals surface area (Å²) in [6.45, 7) is 4.52. The van der Waals surface area contributed by atoms with Crippen molar-refractivity contribution in [1.82, 2.24) is 0 Å². The van der Waals surface area contributed by atoms with Gasteiger partial charge in [-0.3, -0.25) is 4.55 Å². The van der Waals surface area contributed by atoms with Gasteiger partial charge in [-0.1, -0.05) is 104 Å². The molecule has 0 aromatic heterocycles. The molecule has 0 saturated heterocycles. The van der Waals surface area contributed by atoms with Crippen LogP contribution in [0.25, 0.3) is 0 Å². The van der Waals surface area contributed by atoms with Crippen molar-refractivity contribution in [2.24, 2.45) is 5.92 Å². The zero-order valence-electron chi connectivity index (χ0n) is 20.7. The molecule has 32 heavy (non-hydrogen) atoms. The number of aliphatic carboxylic acids is 2. The van der Waals surface area contributed by atoms with Crippen LogP contribution in [0.3, 0.4) is 0 Å². The first-order valence-corrected chi connectivity index (χ1v) is 12.9. The number of rotatable bonds is 20. The Morgan fingerprint density at radius 3 is 1.38 bits per heavy atom. The molecule has 0 aromatic carbocycles. The maximum absolute atomic E-state index is 11.5. The van der Waals surface area contributed by atoms with Gasteiger partial charge in [-0.25, -0.2) is 0 Å². The van der Waals surface area contributed by atoms with E-state index < -0.39 is 39.6 Å². The van der Waals surface area contributed by atoms with Gasteiger partial charge in [0.15, 0.2) is 0 Å². The van der Waals surface area contributed by atoms with E-state index >= 15 is 0 Å². The molecule has 0 rings (SSSR count). The van der Waals surface area contributed by atoms with E-state index in [4.69, 9.17) is 0 Å². The van der Waals surface area contributed by atoms with Crippen molar-refractivity contribution in [1.29, 1.82) is 0 Å². The minimum absolute atomic E-state index is 0. The molecule has 0 aliphatic rings. The fourth-order valence-corrected chi connectivity index (χ4v) is 4.64. The minimum Gasteiger partial charge on any atom is -0.550 e. The standard InChI is InChI=1S/C22H42O7S.2Na/c1-19(2)16-14-12-10-8-6-4-3-5-7-9-11-13-15-17-22(21(25)26,18-20(23)24)30(27,28)29;;/h19H,3-18H2,1-2H3,(H,23,24)(H,25,26)(H,27,28,29);;/q;2*+1/p-2. The van der Waals surface area contributed by atoms with Crippen LogP contribution in [0.5, 0.6) is 0 Å². The van der Waals surface area contributed by atoms with Crippen LogP contribution in [0.2, 0.25) is 0 Å². The SMILES string of the molecule is CC(C)CCCCCCCCCCCCCCCC(CC(=O)[O-])(C(=O)[O-])S(=O)(=O)O.[Na+].[Na+]. The van der Waals surface area contributed by atoms with Gasteiger partial charge in [0.1, 0.15) is 4.75 Å². The third-order valence-electron chi connectivity index (χ3n) is 5.66. The first kappa shape index (κ1) is 37.4. The number of hydrogen-bond acceptors (Lipinski definition) is 6. The Hall–Kier alpha value is 0.850. The number of carboxylic acids is 2. The average Bonchev–Trinajstić information content (AvgIpc) is 2.62. The Bertz CT molecular complexity index is 597. The molecule has 10 heteroatoms. The summed E-state index contributed by atoms with van der Waals surface area (Å²) in [7, 11) is -5.13. The second-order valence-electron chi connectivity index (χ2n) is 8.83. The summed E-state index contributed by atoms with van der Waals surface area (Å²) in [5, 5.41) is 22.0. The molecule has 178 valence electrons. The molecule has 0 aromatic rings. The third kappa shape index (κ3) is 17.3. The molecular weight excluding hydrogens is 454 g/mol. The van der Waals surface area contributed by atoms with Crippen LogP contribution in [0, 0.1) is 5.92 Å². The van der Waals surface area contributed by atoms with E-state index in [1.165, 1.54) is 51.4 Å².